The summed E-state index contributed by atoms with van der Waals surface area (Å²) in [5.41, 5.74) is 2.74. The number of hydrogen-bond donors (Lipinski definition) is 0. The fourth-order valence-electron chi connectivity index (χ4n) is 5.46. The first-order valence-corrected chi connectivity index (χ1v) is 13.6. The summed E-state index contributed by atoms with van der Waals surface area (Å²) in [7, 11) is -1.96. The van der Waals surface area contributed by atoms with Gasteiger partial charge < -0.3 is 0 Å². The van der Waals surface area contributed by atoms with Gasteiger partial charge in [0.05, 0.1) is 0 Å². The monoisotopic (exact) mass is 414 g/mol. The first-order valence-electron chi connectivity index (χ1n) is 11.1. The van der Waals surface area contributed by atoms with E-state index in [1.54, 1.807) is 0 Å². The van der Waals surface area contributed by atoms with Crippen molar-refractivity contribution in [2.75, 3.05) is 6.66 Å². The molecule has 30 heavy (non-hydrogen) atoms. The second-order valence-electron chi connectivity index (χ2n) is 9.84. The molecule has 0 aliphatic carbocycles. The van der Waals surface area contributed by atoms with Crippen LogP contribution in [0.1, 0.15) is 34.1 Å². The van der Waals surface area contributed by atoms with Crippen LogP contribution in [0.4, 0.5) is 0 Å². The molecule has 2 heteroatoms. The van der Waals surface area contributed by atoms with Crippen molar-refractivity contribution in [3.63, 3.8) is 0 Å². The summed E-state index contributed by atoms with van der Waals surface area (Å²) in [6.07, 6.45) is 1.06. The molecule has 1 aliphatic rings. The number of hydrogen-bond acceptors (Lipinski definition) is 1. The van der Waals surface area contributed by atoms with Crippen LogP contribution in [0.5, 0.6) is 5.75 Å². The van der Waals surface area contributed by atoms with Gasteiger partial charge in [-0.2, -0.15) is 0 Å². The fourth-order valence-corrected chi connectivity index (χ4v) is 10.1. The van der Waals surface area contributed by atoms with E-state index in [0.717, 1.165) is 12.2 Å². The van der Waals surface area contributed by atoms with Gasteiger partial charge in [-0.1, -0.05) is 0 Å². The average Bonchev–Trinajstić information content (AvgIpc) is 3.05. The normalized spacial score (nSPS) is 18.9. The molecular weight excluding hydrogens is 383 g/mol. The topological polar surface area (TPSA) is 9.23 Å². The molecule has 0 saturated heterocycles. The van der Waals surface area contributed by atoms with Crippen LogP contribution in [0.25, 0.3) is 32.7 Å². The van der Waals surface area contributed by atoms with Gasteiger partial charge in [-0.3, -0.25) is 0 Å². The Balaban J connectivity index is 1.94. The van der Waals surface area contributed by atoms with Gasteiger partial charge in [-0.25, -0.2) is 0 Å². The molecule has 0 amide bonds. The Hall–Kier alpha value is -2.37. The van der Waals surface area contributed by atoms with Gasteiger partial charge in [-0.15, -0.1) is 0 Å². The van der Waals surface area contributed by atoms with Crippen LogP contribution >= 0.6 is 7.26 Å². The summed E-state index contributed by atoms with van der Waals surface area (Å²) in [6, 6.07) is 26.7. The summed E-state index contributed by atoms with van der Waals surface area (Å²) in [6.45, 7) is 12.1. The van der Waals surface area contributed by atoms with E-state index in [9.17, 15) is 0 Å². The maximum absolute atomic E-state index is 6.65. The molecule has 0 radical (unpaired) electrons. The van der Waals surface area contributed by atoms with Crippen LogP contribution in [-0.4, -0.2) is 17.7 Å². The minimum atomic E-state index is -1.96. The van der Waals surface area contributed by atoms with Crippen molar-refractivity contribution >= 4 is 34.1 Å². The zero-order chi connectivity index (χ0) is 21.1. The first-order chi connectivity index (χ1) is 14.4. The van der Waals surface area contributed by atoms with Crippen molar-refractivity contribution < 1.29 is 4.74 Å². The zero-order valence-corrected chi connectivity index (χ0v) is 19.6. The van der Waals surface area contributed by atoms with E-state index in [2.05, 4.69) is 107 Å². The van der Waals surface area contributed by atoms with Crippen LogP contribution in [0.3, 0.4) is 0 Å². The van der Waals surface area contributed by atoms with E-state index < -0.39 is 7.26 Å². The molecule has 5 rings (SSSR count). The van der Waals surface area contributed by atoms with E-state index in [1.807, 2.05) is 0 Å². The van der Waals surface area contributed by atoms with E-state index in [1.165, 1.54) is 38.0 Å². The average molecular weight is 415 g/mol. The molecule has 4 aromatic carbocycles. The number of benzene rings is 4. The van der Waals surface area contributed by atoms with Gasteiger partial charge >= 0.3 is 180 Å². The first kappa shape index (κ1) is 19.6. The van der Waals surface area contributed by atoms with Crippen molar-refractivity contribution in [2.45, 2.75) is 45.1 Å². The van der Waals surface area contributed by atoms with Gasteiger partial charge in [-0.05, 0) is 0 Å². The van der Waals surface area contributed by atoms with Crippen LogP contribution in [0.2, 0.25) is 0 Å². The third-order valence-electron chi connectivity index (χ3n) is 7.43. The molecule has 0 spiro atoms. The molecule has 1 atom stereocenters. The van der Waals surface area contributed by atoms with Crippen molar-refractivity contribution in [3.05, 3.63) is 72.8 Å². The predicted molar refractivity (Wildman–Crippen MR) is 135 cm³/mol. The summed E-state index contributed by atoms with van der Waals surface area (Å²) in [5, 5.41) is 6.97. The number of rotatable bonds is 2. The standard InChI is InChI=1S/C28H31OP/c1-6-25-29-24-17-11-16-23(27(24)30(25,5)28(2,3)4)26-21-14-9-7-12-19(21)18-20-13-8-10-15-22(20)26/h7-18,25,30H,6H2,1-5H3. The Bertz CT molecular complexity index is 1210. The molecule has 0 N–H and O–H groups in total. The van der Waals surface area contributed by atoms with Crippen molar-refractivity contribution in [1.82, 2.24) is 0 Å². The Morgan fingerprint density at radius 2 is 1.43 bits per heavy atom. The summed E-state index contributed by atoms with van der Waals surface area (Å²) in [4.78, 5) is 0. The number of fused-ring (bicyclic) bond motifs is 3. The Labute approximate surface area is 180 Å². The molecule has 0 fully saturated rings. The number of ether oxygens (including phenoxy) is 1. The quantitative estimate of drug-likeness (QED) is 0.242. The van der Waals surface area contributed by atoms with Gasteiger partial charge in [0.15, 0.2) is 0 Å². The van der Waals surface area contributed by atoms with Crippen LogP contribution in [0.15, 0.2) is 72.8 Å². The molecule has 1 aliphatic heterocycles. The van der Waals surface area contributed by atoms with Crippen LogP contribution in [-0.2, 0) is 0 Å². The maximum atomic E-state index is 6.65. The third kappa shape index (κ3) is 2.65. The van der Waals surface area contributed by atoms with Crippen LogP contribution in [0, 0.1) is 0 Å². The van der Waals surface area contributed by atoms with Crippen molar-refractivity contribution in [1.29, 1.82) is 0 Å². The second-order valence-corrected chi connectivity index (χ2v) is 14.9. The molecule has 1 heterocycles. The Morgan fingerprint density at radius 1 is 0.833 bits per heavy atom. The zero-order valence-electron chi connectivity index (χ0n) is 18.6. The minimum absolute atomic E-state index is 0.204. The molecule has 0 aromatic heterocycles. The van der Waals surface area contributed by atoms with Gasteiger partial charge in [0.1, 0.15) is 0 Å². The molecule has 154 valence electrons. The second kappa shape index (κ2) is 6.82. The van der Waals surface area contributed by atoms with E-state index in [-0.39, 0.29) is 5.16 Å². The Morgan fingerprint density at radius 3 is 2.00 bits per heavy atom. The van der Waals surface area contributed by atoms with Gasteiger partial charge in [0.25, 0.3) is 0 Å². The summed E-state index contributed by atoms with van der Waals surface area (Å²) < 4.78 is 6.65. The molecule has 1 nitrogen and oxygen atoms in total. The van der Waals surface area contributed by atoms with Crippen molar-refractivity contribution in [2.24, 2.45) is 0 Å². The van der Waals surface area contributed by atoms with Crippen molar-refractivity contribution in [3.8, 4) is 16.9 Å². The van der Waals surface area contributed by atoms with Crippen LogP contribution < -0.4 is 10.0 Å². The van der Waals surface area contributed by atoms with E-state index in [0.29, 0.717) is 5.85 Å². The molecule has 4 aromatic rings. The molecule has 0 saturated carbocycles. The fraction of sp³-hybridized carbons (Fsp3) is 0.286. The summed E-state index contributed by atoms with van der Waals surface area (Å²) in [5.74, 6) is 1.43. The molecule has 0 bridgehead atoms. The Kier molecular flexibility index (Phi) is 4.46. The molecular formula is C28H31OP. The predicted octanol–water partition coefficient (Wildman–Crippen LogP) is 7.59. The third-order valence-corrected chi connectivity index (χ3v) is 13.9. The van der Waals surface area contributed by atoms with E-state index >= 15 is 0 Å². The van der Waals surface area contributed by atoms with Gasteiger partial charge in [0.2, 0.25) is 0 Å². The van der Waals surface area contributed by atoms with Gasteiger partial charge in [0, 0.05) is 0 Å². The summed E-state index contributed by atoms with van der Waals surface area (Å²) >= 11 is 0. The SMILES string of the molecule is CCC1Oc2cccc(-c3c4ccccc4cc4ccccc34)c2[PH]1(C)C(C)(C)C. The van der Waals surface area contributed by atoms with E-state index in [4.69, 9.17) is 4.74 Å². The molecule has 1 unspecified atom stereocenters.